The third-order valence-corrected chi connectivity index (χ3v) is 6.20. The number of hydrogen-bond donors (Lipinski definition) is 2. The van der Waals surface area contributed by atoms with Gasteiger partial charge in [-0.25, -0.2) is 0 Å². The van der Waals surface area contributed by atoms with E-state index in [0.717, 1.165) is 6.42 Å². The van der Waals surface area contributed by atoms with Crippen LogP contribution in [-0.4, -0.2) is 51.0 Å². The molecule has 0 aliphatic carbocycles. The summed E-state index contributed by atoms with van der Waals surface area (Å²) in [4.78, 5) is 37.0. The van der Waals surface area contributed by atoms with Crippen LogP contribution in [0.3, 0.4) is 0 Å². The molecule has 6 nitrogen and oxygen atoms in total. The Hall–Kier alpha value is -1.24. The fraction of sp³-hybridized carbons (Fsp3) is 0.786. The number of fused-ring (bicyclic) bond motifs is 1. The lowest BCUT2D eigenvalue weighted by molar-refractivity contribution is -0.148. The quantitative estimate of drug-likeness (QED) is 0.792. The fourth-order valence-corrected chi connectivity index (χ4v) is 4.20. The Bertz CT molecular complexity index is 484. The smallest absolute Gasteiger partial charge is 0.311 e. The molecule has 2 amide bonds. The van der Waals surface area contributed by atoms with Crippen molar-refractivity contribution < 1.29 is 19.5 Å². The zero-order chi connectivity index (χ0) is 15.8. The summed E-state index contributed by atoms with van der Waals surface area (Å²) in [5, 5.41) is 11.9. The molecule has 118 valence electrons. The number of nitrogens with one attached hydrogen (secondary N) is 1. The second-order valence-electron chi connectivity index (χ2n) is 6.20. The largest absolute Gasteiger partial charge is 0.481 e. The van der Waals surface area contributed by atoms with Gasteiger partial charge in [0, 0.05) is 18.7 Å². The topological polar surface area (TPSA) is 86.7 Å². The predicted molar refractivity (Wildman–Crippen MR) is 79.8 cm³/mol. The number of hydrogen-bond acceptors (Lipinski definition) is 4. The summed E-state index contributed by atoms with van der Waals surface area (Å²) >= 11 is 1.63. The number of carboxylic acid groups (broad SMARTS) is 1. The molecule has 0 aromatic heterocycles. The molecular weight excluding hydrogens is 292 g/mol. The van der Waals surface area contributed by atoms with E-state index in [-0.39, 0.29) is 23.2 Å². The van der Waals surface area contributed by atoms with Gasteiger partial charge in [-0.3, -0.25) is 14.4 Å². The van der Waals surface area contributed by atoms with Crippen molar-refractivity contribution in [3.8, 4) is 0 Å². The molecule has 0 aromatic rings. The molecule has 0 bridgehead atoms. The standard InChI is InChI=1S/C14H22N2O4S/c1-4-13(2,12(19)20)8-15-11(18)9-7-21-14(3)6-5-10(17)16(9)14/h9H,4-8H2,1-3H3,(H,15,18)(H,19,20). The van der Waals surface area contributed by atoms with E-state index < -0.39 is 17.4 Å². The molecule has 2 fully saturated rings. The average Bonchev–Trinajstić information content (AvgIpc) is 2.93. The first-order chi connectivity index (χ1) is 9.73. The van der Waals surface area contributed by atoms with E-state index in [2.05, 4.69) is 5.32 Å². The fourth-order valence-electron chi connectivity index (χ4n) is 2.77. The first-order valence-electron chi connectivity index (χ1n) is 7.21. The molecule has 2 aliphatic heterocycles. The van der Waals surface area contributed by atoms with E-state index in [4.69, 9.17) is 0 Å². The van der Waals surface area contributed by atoms with Gasteiger partial charge in [-0.05, 0) is 26.7 Å². The maximum absolute atomic E-state index is 12.3. The molecule has 2 aliphatic rings. The van der Waals surface area contributed by atoms with Gasteiger partial charge in [-0.2, -0.15) is 0 Å². The molecule has 7 heteroatoms. The average molecular weight is 314 g/mol. The number of thioether (sulfide) groups is 1. The van der Waals surface area contributed by atoms with E-state index in [0.29, 0.717) is 18.6 Å². The Morgan fingerprint density at radius 3 is 2.81 bits per heavy atom. The number of carboxylic acids is 1. The van der Waals surface area contributed by atoms with E-state index in [9.17, 15) is 19.5 Å². The SMILES string of the molecule is CCC(C)(CNC(=O)C1CSC2(C)CCC(=O)N12)C(=O)O. The summed E-state index contributed by atoms with van der Waals surface area (Å²) in [6, 6.07) is -0.482. The van der Waals surface area contributed by atoms with Gasteiger partial charge >= 0.3 is 5.97 Å². The summed E-state index contributed by atoms with van der Waals surface area (Å²) in [5.41, 5.74) is -0.972. The molecule has 21 heavy (non-hydrogen) atoms. The predicted octanol–water partition coefficient (Wildman–Crippen LogP) is 1.06. The molecule has 0 spiro atoms. The lowest BCUT2D eigenvalue weighted by Gasteiger charge is -2.31. The van der Waals surface area contributed by atoms with Crippen LogP contribution >= 0.6 is 11.8 Å². The number of nitrogens with zero attached hydrogens (tertiary/aromatic N) is 1. The van der Waals surface area contributed by atoms with Crippen LogP contribution in [0, 0.1) is 5.41 Å². The molecule has 2 N–H and O–H groups in total. The van der Waals surface area contributed by atoms with Gasteiger partial charge in [0.25, 0.3) is 0 Å². The van der Waals surface area contributed by atoms with Gasteiger partial charge in [0.1, 0.15) is 6.04 Å². The van der Waals surface area contributed by atoms with Crippen LogP contribution in [0.5, 0.6) is 0 Å². The number of carbonyl (C=O) groups excluding carboxylic acids is 2. The molecule has 2 saturated heterocycles. The molecule has 3 unspecified atom stereocenters. The van der Waals surface area contributed by atoms with E-state index in [1.54, 1.807) is 30.5 Å². The number of amides is 2. The lowest BCUT2D eigenvalue weighted by Crippen LogP contribution is -2.52. The first kappa shape index (κ1) is 16.1. The summed E-state index contributed by atoms with van der Waals surface area (Å²) in [7, 11) is 0. The van der Waals surface area contributed by atoms with Gasteiger partial charge in [-0.1, -0.05) is 6.92 Å². The highest BCUT2D eigenvalue weighted by molar-refractivity contribution is 8.01. The minimum Gasteiger partial charge on any atom is -0.481 e. The van der Waals surface area contributed by atoms with E-state index in [1.165, 1.54) is 0 Å². The van der Waals surface area contributed by atoms with Crippen LogP contribution in [0.4, 0.5) is 0 Å². The highest BCUT2D eigenvalue weighted by Crippen LogP contribution is 2.47. The van der Waals surface area contributed by atoms with Crippen molar-refractivity contribution in [3.63, 3.8) is 0 Å². The van der Waals surface area contributed by atoms with Crippen LogP contribution in [0.2, 0.25) is 0 Å². The van der Waals surface area contributed by atoms with Gasteiger partial charge < -0.3 is 15.3 Å². The molecule has 0 saturated carbocycles. The van der Waals surface area contributed by atoms with Crippen molar-refractivity contribution in [3.05, 3.63) is 0 Å². The molecule has 0 aromatic carbocycles. The molecular formula is C14H22N2O4S. The number of carbonyl (C=O) groups is 3. The maximum atomic E-state index is 12.3. The van der Waals surface area contributed by atoms with E-state index in [1.807, 2.05) is 6.92 Å². The van der Waals surface area contributed by atoms with Crippen LogP contribution < -0.4 is 5.32 Å². The third kappa shape index (κ3) is 2.75. The minimum absolute atomic E-state index is 0.0131. The summed E-state index contributed by atoms with van der Waals surface area (Å²) in [6.07, 6.45) is 1.68. The van der Waals surface area contributed by atoms with Crippen LogP contribution in [0.25, 0.3) is 0 Å². The third-order valence-electron chi connectivity index (χ3n) is 4.70. The maximum Gasteiger partial charge on any atom is 0.311 e. The Morgan fingerprint density at radius 2 is 2.24 bits per heavy atom. The van der Waals surface area contributed by atoms with Crippen molar-refractivity contribution in [1.29, 1.82) is 0 Å². The van der Waals surface area contributed by atoms with Crippen LogP contribution in [0.15, 0.2) is 0 Å². The Balaban J connectivity index is 2.02. The molecule has 2 heterocycles. The minimum atomic E-state index is -0.972. The second kappa shape index (κ2) is 5.51. The summed E-state index contributed by atoms with van der Waals surface area (Å²) in [6.45, 7) is 5.47. The zero-order valence-corrected chi connectivity index (χ0v) is 13.5. The normalized spacial score (nSPS) is 30.9. The van der Waals surface area contributed by atoms with Crippen molar-refractivity contribution in [2.75, 3.05) is 12.3 Å². The Labute approximate surface area is 128 Å². The van der Waals surface area contributed by atoms with Crippen molar-refractivity contribution in [2.24, 2.45) is 5.41 Å². The second-order valence-corrected chi connectivity index (χ2v) is 7.70. The van der Waals surface area contributed by atoms with Crippen molar-refractivity contribution in [2.45, 2.75) is 50.9 Å². The van der Waals surface area contributed by atoms with Gasteiger partial charge in [-0.15, -0.1) is 11.8 Å². The highest BCUT2D eigenvalue weighted by atomic mass is 32.2. The van der Waals surface area contributed by atoms with E-state index >= 15 is 0 Å². The molecule has 2 rings (SSSR count). The zero-order valence-electron chi connectivity index (χ0n) is 12.6. The Kier molecular flexibility index (Phi) is 4.24. The van der Waals surface area contributed by atoms with Crippen LogP contribution in [0.1, 0.15) is 40.0 Å². The summed E-state index contributed by atoms with van der Waals surface area (Å²) < 4.78 is 0. The van der Waals surface area contributed by atoms with Gasteiger partial charge in [0.15, 0.2) is 0 Å². The highest BCUT2D eigenvalue weighted by Gasteiger charge is 2.53. The lowest BCUT2D eigenvalue weighted by atomic mass is 9.87. The van der Waals surface area contributed by atoms with Crippen LogP contribution in [-0.2, 0) is 14.4 Å². The number of aliphatic carboxylic acids is 1. The van der Waals surface area contributed by atoms with Gasteiger partial charge in [0.2, 0.25) is 11.8 Å². The van der Waals surface area contributed by atoms with Crippen molar-refractivity contribution >= 4 is 29.5 Å². The van der Waals surface area contributed by atoms with Gasteiger partial charge in [0.05, 0.1) is 10.3 Å². The monoisotopic (exact) mass is 314 g/mol. The summed E-state index contributed by atoms with van der Waals surface area (Å²) in [5.74, 6) is -0.584. The van der Waals surface area contributed by atoms with Crippen molar-refractivity contribution in [1.82, 2.24) is 10.2 Å². The number of rotatable bonds is 5. The first-order valence-corrected chi connectivity index (χ1v) is 8.19. The molecule has 3 atom stereocenters. The Morgan fingerprint density at radius 1 is 1.57 bits per heavy atom. The molecule has 0 radical (unpaired) electrons.